The van der Waals surface area contributed by atoms with Gasteiger partial charge < -0.3 is 29.0 Å². The maximum Gasteiger partial charge on any atom is 0.320 e. The molecule has 5 rings (SSSR count). The number of nitrogens with one attached hydrogen (secondary N) is 1. The number of aryl methyl sites for hydroxylation is 2. The number of fused-ring (bicyclic) bond motifs is 2. The fourth-order valence-electron chi connectivity index (χ4n) is 5.17. The number of amides is 2. The summed E-state index contributed by atoms with van der Waals surface area (Å²) < 4.78 is 16.6. The van der Waals surface area contributed by atoms with Gasteiger partial charge >= 0.3 is 6.03 Å². The Bertz CT molecular complexity index is 1340. The molecule has 2 aliphatic heterocycles. The van der Waals surface area contributed by atoms with Crippen molar-refractivity contribution in [1.29, 1.82) is 0 Å². The predicted octanol–water partition coefficient (Wildman–Crippen LogP) is 3.56. The highest BCUT2D eigenvalue weighted by atomic mass is 16.5. The van der Waals surface area contributed by atoms with Crippen LogP contribution in [-0.4, -0.2) is 67.9 Å². The first-order valence-corrected chi connectivity index (χ1v) is 11.9. The number of benzene rings is 2. The van der Waals surface area contributed by atoms with Crippen LogP contribution in [0.1, 0.15) is 33.9 Å². The van der Waals surface area contributed by atoms with E-state index in [1.807, 2.05) is 47.9 Å². The van der Waals surface area contributed by atoms with Gasteiger partial charge in [-0.1, -0.05) is 12.1 Å². The molecule has 184 valence electrons. The summed E-state index contributed by atoms with van der Waals surface area (Å²) in [5.74, 6) is 1.21. The van der Waals surface area contributed by atoms with Crippen molar-refractivity contribution in [2.24, 2.45) is 0 Å². The zero-order chi connectivity index (χ0) is 24.7. The Hall–Kier alpha value is -3.52. The van der Waals surface area contributed by atoms with Gasteiger partial charge in [-0.2, -0.15) is 0 Å². The van der Waals surface area contributed by atoms with E-state index in [1.54, 1.807) is 14.2 Å². The number of hydrogen-bond acceptors (Lipinski definition) is 5. The van der Waals surface area contributed by atoms with E-state index in [1.165, 1.54) is 0 Å². The third-order valence-corrected chi connectivity index (χ3v) is 7.28. The minimum atomic E-state index is -0.552. The maximum atomic E-state index is 13.7. The van der Waals surface area contributed by atoms with Crippen LogP contribution in [-0.2, 0) is 11.2 Å². The van der Waals surface area contributed by atoms with E-state index in [2.05, 4.69) is 11.1 Å². The Morgan fingerprint density at radius 2 is 1.71 bits per heavy atom. The predicted molar refractivity (Wildman–Crippen MR) is 134 cm³/mol. The first kappa shape index (κ1) is 23.2. The zero-order valence-electron chi connectivity index (χ0n) is 20.6. The normalized spacial score (nSPS) is 17.9. The SMILES string of the molecule is COc1cc2c(cc1OC)[C@H](c1cc3ccc(C)c(C)c3[nH]c1=O)N(C(=O)N1CCOCC1)CC2. The number of rotatable bonds is 3. The smallest absolute Gasteiger partial charge is 0.320 e. The molecule has 0 spiro atoms. The number of ether oxygens (including phenoxy) is 3. The molecule has 1 aromatic heterocycles. The summed E-state index contributed by atoms with van der Waals surface area (Å²) in [6.07, 6.45) is 0.659. The molecular weight excluding hydrogens is 446 g/mol. The molecule has 8 nitrogen and oxygen atoms in total. The summed E-state index contributed by atoms with van der Waals surface area (Å²) in [5.41, 5.74) is 5.25. The number of hydrogen-bond donors (Lipinski definition) is 1. The average molecular weight is 478 g/mol. The summed E-state index contributed by atoms with van der Waals surface area (Å²) in [5, 5.41) is 0.939. The third-order valence-electron chi connectivity index (χ3n) is 7.28. The Labute approximate surface area is 204 Å². The largest absolute Gasteiger partial charge is 0.493 e. The van der Waals surface area contributed by atoms with Crippen molar-refractivity contribution in [1.82, 2.24) is 14.8 Å². The van der Waals surface area contributed by atoms with Crippen molar-refractivity contribution in [3.05, 3.63) is 68.5 Å². The number of aromatic amines is 1. The lowest BCUT2D eigenvalue weighted by atomic mass is 9.87. The van der Waals surface area contributed by atoms with Crippen LogP contribution in [0, 0.1) is 13.8 Å². The first-order chi connectivity index (χ1) is 16.9. The van der Waals surface area contributed by atoms with E-state index in [0.717, 1.165) is 33.2 Å². The van der Waals surface area contributed by atoms with Gasteiger partial charge in [0.15, 0.2) is 11.5 Å². The second kappa shape index (κ2) is 9.26. The lowest BCUT2D eigenvalue weighted by Gasteiger charge is -2.41. The van der Waals surface area contributed by atoms with Gasteiger partial charge in [-0.05, 0) is 66.1 Å². The summed E-state index contributed by atoms with van der Waals surface area (Å²) in [4.78, 5) is 34.0. The number of H-pyrrole nitrogens is 1. The quantitative estimate of drug-likeness (QED) is 0.624. The molecule has 0 saturated carbocycles. The van der Waals surface area contributed by atoms with Crippen LogP contribution >= 0.6 is 0 Å². The third kappa shape index (κ3) is 4.01. The molecule has 3 heterocycles. The Morgan fingerprint density at radius 1 is 1.00 bits per heavy atom. The van der Waals surface area contributed by atoms with Crippen molar-refractivity contribution in [2.75, 3.05) is 47.1 Å². The van der Waals surface area contributed by atoms with Gasteiger partial charge in [-0.3, -0.25) is 4.79 Å². The van der Waals surface area contributed by atoms with Crippen LogP contribution in [0.25, 0.3) is 10.9 Å². The zero-order valence-corrected chi connectivity index (χ0v) is 20.6. The monoisotopic (exact) mass is 477 g/mol. The van der Waals surface area contributed by atoms with E-state index < -0.39 is 6.04 Å². The van der Waals surface area contributed by atoms with Gasteiger partial charge in [0, 0.05) is 25.2 Å². The number of carbonyl (C=O) groups excluding carboxylic acids is 1. The minimum Gasteiger partial charge on any atom is -0.493 e. The molecule has 0 aliphatic carbocycles. The molecule has 0 bridgehead atoms. The second-order valence-corrected chi connectivity index (χ2v) is 9.16. The Balaban J connectivity index is 1.70. The standard InChI is InChI=1S/C27H31N3O5/c1-16-5-6-19-13-21(26(31)28-24(19)17(16)2)25-20-15-23(34-4)22(33-3)14-18(20)7-8-30(25)27(32)29-9-11-35-12-10-29/h5-6,13-15,25H,7-12H2,1-4H3,(H,28,31)/t25-/m1/s1. The molecule has 2 aliphatic rings. The highest BCUT2D eigenvalue weighted by Gasteiger charge is 2.37. The summed E-state index contributed by atoms with van der Waals surface area (Å²) in [6, 6.07) is 9.23. The summed E-state index contributed by atoms with van der Waals surface area (Å²) in [7, 11) is 3.20. The number of carbonyl (C=O) groups is 1. The van der Waals surface area contributed by atoms with Gasteiger partial charge in [0.1, 0.15) is 0 Å². The van der Waals surface area contributed by atoms with Crippen LogP contribution in [0.3, 0.4) is 0 Å². The number of aromatic nitrogens is 1. The molecule has 3 aromatic rings. The number of pyridine rings is 1. The van der Waals surface area contributed by atoms with Gasteiger partial charge in [-0.15, -0.1) is 0 Å². The number of urea groups is 1. The number of morpholine rings is 1. The van der Waals surface area contributed by atoms with Gasteiger partial charge in [0.25, 0.3) is 5.56 Å². The topological polar surface area (TPSA) is 84.1 Å². The summed E-state index contributed by atoms with van der Waals surface area (Å²) >= 11 is 0. The lowest BCUT2D eigenvalue weighted by molar-refractivity contribution is 0.0399. The minimum absolute atomic E-state index is 0.0849. The molecule has 0 unspecified atom stereocenters. The van der Waals surface area contributed by atoms with E-state index in [-0.39, 0.29) is 11.6 Å². The number of nitrogens with zero attached hydrogens (tertiary/aromatic N) is 2. The maximum absolute atomic E-state index is 13.7. The first-order valence-electron chi connectivity index (χ1n) is 11.9. The van der Waals surface area contributed by atoms with Gasteiger partial charge in [0.05, 0.1) is 39.0 Å². The summed E-state index contributed by atoms with van der Waals surface area (Å²) in [6.45, 7) is 6.63. The number of methoxy groups -OCH3 is 2. The molecule has 8 heteroatoms. The molecule has 2 amide bonds. The van der Waals surface area contributed by atoms with Gasteiger partial charge in [-0.25, -0.2) is 4.79 Å². The van der Waals surface area contributed by atoms with E-state index in [4.69, 9.17) is 14.2 Å². The van der Waals surface area contributed by atoms with Crippen molar-refractivity contribution in [2.45, 2.75) is 26.3 Å². The second-order valence-electron chi connectivity index (χ2n) is 9.16. The van der Waals surface area contributed by atoms with Gasteiger partial charge in [0.2, 0.25) is 0 Å². The van der Waals surface area contributed by atoms with Crippen molar-refractivity contribution in [3.63, 3.8) is 0 Å². The molecule has 0 radical (unpaired) electrons. The molecule has 1 atom stereocenters. The fourth-order valence-corrected chi connectivity index (χ4v) is 5.17. The van der Waals surface area contributed by atoms with Crippen LogP contribution in [0.4, 0.5) is 4.79 Å². The molecule has 35 heavy (non-hydrogen) atoms. The highest BCUT2D eigenvalue weighted by Crippen LogP contribution is 2.41. The van der Waals surface area contributed by atoms with E-state index >= 15 is 0 Å². The molecule has 2 aromatic carbocycles. The highest BCUT2D eigenvalue weighted by molar-refractivity contribution is 5.84. The molecule has 1 N–H and O–H groups in total. The molecular formula is C27H31N3O5. The molecule has 1 fully saturated rings. The fraction of sp³-hybridized carbons (Fsp3) is 0.407. The Kier molecular flexibility index (Phi) is 6.15. The van der Waals surface area contributed by atoms with Crippen molar-refractivity contribution >= 4 is 16.9 Å². The van der Waals surface area contributed by atoms with Crippen LogP contribution < -0.4 is 15.0 Å². The van der Waals surface area contributed by atoms with Crippen LogP contribution in [0.15, 0.2) is 35.1 Å². The van der Waals surface area contributed by atoms with Crippen molar-refractivity contribution in [3.8, 4) is 11.5 Å². The van der Waals surface area contributed by atoms with Crippen molar-refractivity contribution < 1.29 is 19.0 Å². The van der Waals surface area contributed by atoms with Crippen LogP contribution in [0.5, 0.6) is 11.5 Å². The molecule has 1 saturated heterocycles. The Morgan fingerprint density at radius 3 is 2.43 bits per heavy atom. The van der Waals surface area contributed by atoms with Crippen LogP contribution in [0.2, 0.25) is 0 Å². The average Bonchev–Trinajstić information content (AvgIpc) is 2.89. The van der Waals surface area contributed by atoms with E-state index in [0.29, 0.717) is 56.3 Å². The van der Waals surface area contributed by atoms with E-state index in [9.17, 15) is 9.59 Å². The lowest BCUT2D eigenvalue weighted by Crippen LogP contribution is -2.52.